The number of hydrogen-bond donors (Lipinski definition) is 1. The zero-order valence-corrected chi connectivity index (χ0v) is 9.30. The molecule has 1 heterocycles. The maximum absolute atomic E-state index is 11.2. The van der Waals surface area contributed by atoms with Crippen LogP contribution in [0.15, 0.2) is 23.4 Å². The van der Waals surface area contributed by atoms with E-state index in [-0.39, 0.29) is 10.4 Å². The van der Waals surface area contributed by atoms with Gasteiger partial charge in [0.2, 0.25) is 0 Å². The Balaban J connectivity index is 3.47. The lowest BCUT2D eigenvalue weighted by Crippen LogP contribution is -2.22. The molecule has 0 radical (unpaired) electrons. The van der Waals surface area contributed by atoms with Crippen LogP contribution in [-0.2, 0) is 15.4 Å². The third-order valence-corrected chi connectivity index (χ3v) is 2.71. The van der Waals surface area contributed by atoms with Crippen molar-refractivity contribution in [1.29, 1.82) is 0 Å². The van der Waals surface area contributed by atoms with E-state index < -0.39 is 10.0 Å². The zero-order valence-electron chi connectivity index (χ0n) is 8.48. The second-order valence-electron chi connectivity index (χ2n) is 4.15. The Morgan fingerprint density at radius 1 is 1.36 bits per heavy atom. The summed E-state index contributed by atoms with van der Waals surface area (Å²) < 4.78 is 22.4. The monoisotopic (exact) mass is 214 g/mol. The van der Waals surface area contributed by atoms with Gasteiger partial charge in [-0.05, 0) is 17.0 Å². The third-order valence-electron chi connectivity index (χ3n) is 1.85. The second-order valence-corrected chi connectivity index (χ2v) is 5.63. The van der Waals surface area contributed by atoms with Crippen LogP contribution in [0.2, 0.25) is 0 Å². The summed E-state index contributed by atoms with van der Waals surface area (Å²) in [7, 11) is -3.73. The Morgan fingerprint density at radius 3 is 2.29 bits per heavy atom. The fraction of sp³-hybridized carbons (Fsp3) is 0.444. The van der Waals surface area contributed by atoms with Crippen molar-refractivity contribution in [3.63, 3.8) is 0 Å². The summed E-state index contributed by atoms with van der Waals surface area (Å²) in [5.41, 5.74) is 0.359. The highest BCUT2D eigenvalue weighted by Gasteiger charge is 2.23. The molecule has 4 nitrogen and oxygen atoms in total. The first-order valence-electron chi connectivity index (χ1n) is 4.21. The lowest BCUT2D eigenvalue weighted by molar-refractivity contribution is 0.553. The number of nitrogens with zero attached hydrogens (tertiary/aromatic N) is 1. The fourth-order valence-corrected chi connectivity index (χ4v) is 2.08. The minimum absolute atomic E-state index is 0.0347. The summed E-state index contributed by atoms with van der Waals surface area (Å²) in [6.07, 6.45) is 1.43. The van der Waals surface area contributed by atoms with Crippen LogP contribution < -0.4 is 5.14 Å². The minimum atomic E-state index is -3.73. The van der Waals surface area contributed by atoms with Gasteiger partial charge in [0.15, 0.2) is 5.03 Å². The van der Waals surface area contributed by atoms with Crippen molar-refractivity contribution in [2.75, 3.05) is 0 Å². The van der Waals surface area contributed by atoms with Gasteiger partial charge in [0, 0.05) is 6.20 Å². The predicted molar refractivity (Wildman–Crippen MR) is 54.3 cm³/mol. The average Bonchev–Trinajstić information content (AvgIpc) is 2.01. The predicted octanol–water partition coefficient (Wildman–Crippen LogP) is 1.03. The Morgan fingerprint density at radius 2 is 1.93 bits per heavy atom. The molecule has 78 valence electrons. The van der Waals surface area contributed by atoms with E-state index in [9.17, 15) is 8.42 Å². The minimum Gasteiger partial charge on any atom is -0.243 e. The van der Waals surface area contributed by atoms with Crippen LogP contribution in [0.5, 0.6) is 0 Å². The zero-order chi connectivity index (χ0) is 11.0. The van der Waals surface area contributed by atoms with Crippen molar-refractivity contribution in [2.24, 2.45) is 5.14 Å². The fourth-order valence-electron chi connectivity index (χ4n) is 1.19. The molecular weight excluding hydrogens is 200 g/mol. The summed E-state index contributed by atoms with van der Waals surface area (Å²) in [4.78, 5) is 3.80. The van der Waals surface area contributed by atoms with E-state index in [1.165, 1.54) is 6.20 Å². The van der Waals surface area contributed by atoms with Crippen molar-refractivity contribution in [3.05, 3.63) is 23.9 Å². The van der Waals surface area contributed by atoms with Gasteiger partial charge < -0.3 is 0 Å². The Kier molecular flexibility index (Phi) is 2.65. The lowest BCUT2D eigenvalue weighted by atomic mass is 9.88. The van der Waals surface area contributed by atoms with Crippen LogP contribution in [0.1, 0.15) is 26.3 Å². The van der Waals surface area contributed by atoms with Crippen molar-refractivity contribution >= 4 is 10.0 Å². The second kappa shape index (κ2) is 3.33. The Bertz CT molecular complexity index is 432. The van der Waals surface area contributed by atoms with Crippen LogP contribution in [0.4, 0.5) is 0 Å². The van der Waals surface area contributed by atoms with Crippen molar-refractivity contribution in [1.82, 2.24) is 4.98 Å². The topological polar surface area (TPSA) is 73.0 Å². The van der Waals surface area contributed by atoms with Gasteiger partial charge in [-0.1, -0.05) is 26.8 Å². The molecule has 5 heteroatoms. The smallest absolute Gasteiger partial charge is 0.243 e. The number of hydrogen-bond acceptors (Lipinski definition) is 3. The van der Waals surface area contributed by atoms with Crippen molar-refractivity contribution in [2.45, 2.75) is 31.2 Å². The Hall–Kier alpha value is -0.940. The molecule has 0 amide bonds. The third kappa shape index (κ3) is 2.30. The van der Waals surface area contributed by atoms with E-state index in [1.54, 1.807) is 12.1 Å². The van der Waals surface area contributed by atoms with Crippen LogP contribution in [0.3, 0.4) is 0 Å². The molecule has 0 saturated heterocycles. The van der Waals surface area contributed by atoms with E-state index in [1.807, 2.05) is 20.8 Å². The average molecular weight is 214 g/mol. The molecule has 1 aromatic rings. The van der Waals surface area contributed by atoms with E-state index in [2.05, 4.69) is 4.98 Å². The van der Waals surface area contributed by atoms with Crippen LogP contribution >= 0.6 is 0 Å². The van der Waals surface area contributed by atoms with Gasteiger partial charge in [-0.15, -0.1) is 0 Å². The molecule has 0 bridgehead atoms. The highest BCUT2D eigenvalue weighted by Crippen LogP contribution is 2.26. The molecule has 0 spiro atoms. The number of pyridine rings is 1. The molecule has 0 saturated carbocycles. The van der Waals surface area contributed by atoms with Crippen LogP contribution in [0.25, 0.3) is 0 Å². The van der Waals surface area contributed by atoms with Crippen LogP contribution in [0, 0.1) is 0 Å². The number of nitrogens with two attached hydrogens (primary N) is 1. The molecule has 0 fully saturated rings. The summed E-state index contributed by atoms with van der Waals surface area (Å²) in [5, 5.41) is 5.03. The number of sulfonamides is 1. The molecule has 0 atom stereocenters. The lowest BCUT2D eigenvalue weighted by Gasteiger charge is -2.20. The number of primary sulfonamides is 1. The largest absolute Gasteiger partial charge is 0.255 e. The molecule has 0 aliphatic carbocycles. The first-order chi connectivity index (χ1) is 6.23. The highest BCUT2D eigenvalue weighted by atomic mass is 32.2. The van der Waals surface area contributed by atoms with Gasteiger partial charge in [0.1, 0.15) is 0 Å². The molecule has 14 heavy (non-hydrogen) atoms. The summed E-state index contributed by atoms with van der Waals surface area (Å²) in [6, 6.07) is 3.43. The van der Waals surface area contributed by atoms with Gasteiger partial charge in [-0.2, -0.15) is 0 Å². The summed E-state index contributed by atoms with van der Waals surface area (Å²) in [5.74, 6) is 0. The number of rotatable bonds is 1. The first-order valence-corrected chi connectivity index (χ1v) is 5.76. The van der Waals surface area contributed by atoms with Gasteiger partial charge >= 0.3 is 0 Å². The first kappa shape index (κ1) is 11.1. The molecule has 0 unspecified atom stereocenters. The molecule has 2 N–H and O–H groups in total. The molecule has 1 rings (SSSR count). The van der Waals surface area contributed by atoms with E-state index in [0.717, 1.165) is 0 Å². The molecule has 0 aliphatic heterocycles. The molecule has 0 aliphatic rings. The highest BCUT2D eigenvalue weighted by molar-refractivity contribution is 7.89. The van der Waals surface area contributed by atoms with E-state index in [0.29, 0.717) is 5.56 Å². The molecule has 0 aromatic carbocycles. The SMILES string of the molecule is CC(C)(C)c1cccnc1S(N)(=O)=O. The van der Waals surface area contributed by atoms with Crippen LogP contribution in [-0.4, -0.2) is 13.4 Å². The van der Waals surface area contributed by atoms with Gasteiger partial charge in [0.05, 0.1) is 0 Å². The summed E-state index contributed by atoms with van der Waals surface area (Å²) >= 11 is 0. The maximum atomic E-state index is 11.2. The normalized spacial score (nSPS) is 12.9. The quantitative estimate of drug-likeness (QED) is 0.758. The number of aromatic nitrogens is 1. The van der Waals surface area contributed by atoms with Gasteiger partial charge in [-0.3, -0.25) is 0 Å². The van der Waals surface area contributed by atoms with Gasteiger partial charge in [-0.25, -0.2) is 18.5 Å². The van der Waals surface area contributed by atoms with Crippen molar-refractivity contribution < 1.29 is 8.42 Å². The van der Waals surface area contributed by atoms with E-state index >= 15 is 0 Å². The maximum Gasteiger partial charge on any atom is 0.255 e. The summed E-state index contributed by atoms with van der Waals surface area (Å²) in [6.45, 7) is 5.75. The van der Waals surface area contributed by atoms with E-state index in [4.69, 9.17) is 5.14 Å². The van der Waals surface area contributed by atoms with Crippen molar-refractivity contribution in [3.8, 4) is 0 Å². The van der Waals surface area contributed by atoms with Gasteiger partial charge in [0.25, 0.3) is 10.0 Å². The molecule has 1 aromatic heterocycles. The molecular formula is C9H14N2O2S. The Labute approximate surface area is 84.2 Å². The standard InChI is InChI=1S/C9H14N2O2S/c1-9(2,3)7-5-4-6-11-8(7)14(10,12)13/h4-6H,1-3H3,(H2,10,12,13).